The molecule has 0 aromatic heterocycles. The summed E-state index contributed by atoms with van der Waals surface area (Å²) < 4.78 is 11.2. The lowest BCUT2D eigenvalue weighted by Gasteiger charge is -2.21. The van der Waals surface area contributed by atoms with E-state index in [1.165, 1.54) is 0 Å². The van der Waals surface area contributed by atoms with Gasteiger partial charge in [0.05, 0.1) is 0 Å². The van der Waals surface area contributed by atoms with Crippen molar-refractivity contribution in [2.24, 2.45) is 5.92 Å². The number of hydrogen-bond donors (Lipinski definition) is 2. The van der Waals surface area contributed by atoms with Crippen LogP contribution in [-0.4, -0.2) is 31.5 Å². The minimum atomic E-state index is 0.251. The van der Waals surface area contributed by atoms with E-state index in [1.807, 2.05) is 12.1 Å². The number of benzene rings is 1. The molecule has 1 aliphatic rings. The SMILES string of the molecule is CC(CCO)CNCc1cccc2c1OCCO2. The molecule has 1 unspecified atom stereocenters. The van der Waals surface area contributed by atoms with Crippen LogP contribution in [0, 0.1) is 5.92 Å². The Morgan fingerprint density at radius 1 is 1.33 bits per heavy atom. The minimum absolute atomic E-state index is 0.251. The standard InChI is InChI=1S/C14H21NO3/c1-11(5-6-16)9-15-10-12-3-2-4-13-14(12)18-8-7-17-13/h2-4,11,15-16H,5-10H2,1H3. The molecule has 0 aliphatic carbocycles. The second-order valence-corrected chi connectivity index (χ2v) is 4.69. The Balaban J connectivity index is 1.89. The van der Waals surface area contributed by atoms with Crippen LogP contribution >= 0.6 is 0 Å². The third-order valence-corrected chi connectivity index (χ3v) is 3.08. The average Bonchev–Trinajstić information content (AvgIpc) is 2.39. The first-order valence-corrected chi connectivity index (χ1v) is 6.50. The van der Waals surface area contributed by atoms with Gasteiger partial charge < -0.3 is 19.9 Å². The summed E-state index contributed by atoms with van der Waals surface area (Å²) in [6.07, 6.45) is 0.833. The summed E-state index contributed by atoms with van der Waals surface area (Å²) in [6, 6.07) is 5.98. The van der Waals surface area contributed by atoms with Gasteiger partial charge in [0.2, 0.25) is 0 Å². The molecular weight excluding hydrogens is 230 g/mol. The highest BCUT2D eigenvalue weighted by molar-refractivity contribution is 5.47. The normalized spacial score (nSPS) is 15.4. The van der Waals surface area contributed by atoms with Crippen LogP contribution in [0.25, 0.3) is 0 Å². The van der Waals surface area contributed by atoms with Crippen molar-refractivity contribution in [3.8, 4) is 11.5 Å². The Morgan fingerprint density at radius 2 is 2.17 bits per heavy atom. The summed E-state index contributed by atoms with van der Waals surface area (Å²) in [4.78, 5) is 0. The fourth-order valence-electron chi connectivity index (χ4n) is 2.05. The van der Waals surface area contributed by atoms with E-state index >= 15 is 0 Å². The van der Waals surface area contributed by atoms with E-state index in [0.717, 1.165) is 36.6 Å². The number of ether oxygens (including phenoxy) is 2. The molecule has 0 bridgehead atoms. The van der Waals surface area contributed by atoms with Crippen LogP contribution < -0.4 is 14.8 Å². The van der Waals surface area contributed by atoms with E-state index in [-0.39, 0.29) is 6.61 Å². The first-order chi connectivity index (χ1) is 8.81. The second-order valence-electron chi connectivity index (χ2n) is 4.69. The molecule has 1 aromatic carbocycles. The van der Waals surface area contributed by atoms with Crippen molar-refractivity contribution in [2.75, 3.05) is 26.4 Å². The molecule has 100 valence electrons. The fraction of sp³-hybridized carbons (Fsp3) is 0.571. The number of fused-ring (bicyclic) bond motifs is 1. The van der Waals surface area contributed by atoms with Crippen LogP contribution in [0.1, 0.15) is 18.9 Å². The number of aliphatic hydroxyl groups excluding tert-OH is 1. The van der Waals surface area contributed by atoms with Gasteiger partial charge in [-0.15, -0.1) is 0 Å². The number of nitrogens with one attached hydrogen (secondary N) is 1. The van der Waals surface area contributed by atoms with Gasteiger partial charge in [0.15, 0.2) is 11.5 Å². The van der Waals surface area contributed by atoms with Crippen LogP contribution in [0.3, 0.4) is 0 Å². The Bertz CT molecular complexity index is 381. The molecule has 0 fully saturated rings. The Hall–Kier alpha value is -1.26. The molecule has 1 heterocycles. The quantitative estimate of drug-likeness (QED) is 0.805. The molecule has 2 rings (SSSR count). The van der Waals surface area contributed by atoms with E-state index in [4.69, 9.17) is 14.6 Å². The molecule has 0 amide bonds. The zero-order valence-corrected chi connectivity index (χ0v) is 10.8. The molecule has 4 heteroatoms. The van der Waals surface area contributed by atoms with Gasteiger partial charge in [-0.25, -0.2) is 0 Å². The van der Waals surface area contributed by atoms with Crippen molar-refractivity contribution in [1.82, 2.24) is 5.32 Å². The molecule has 1 aromatic rings. The van der Waals surface area contributed by atoms with Crippen LogP contribution in [0.2, 0.25) is 0 Å². The zero-order chi connectivity index (χ0) is 12.8. The van der Waals surface area contributed by atoms with Gasteiger partial charge in [0, 0.05) is 18.7 Å². The van der Waals surface area contributed by atoms with Crippen molar-refractivity contribution in [3.05, 3.63) is 23.8 Å². The van der Waals surface area contributed by atoms with Crippen molar-refractivity contribution in [2.45, 2.75) is 19.9 Å². The van der Waals surface area contributed by atoms with Gasteiger partial charge in [-0.2, -0.15) is 0 Å². The lowest BCUT2D eigenvalue weighted by Crippen LogP contribution is -2.23. The van der Waals surface area contributed by atoms with Gasteiger partial charge in [-0.1, -0.05) is 19.1 Å². The van der Waals surface area contributed by atoms with Gasteiger partial charge in [0.1, 0.15) is 13.2 Å². The minimum Gasteiger partial charge on any atom is -0.486 e. The lowest BCUT2D eigenvalue weighted by molar-refractivity contribution is 0.169. The molecule has 0 spiro atoms. The molecule has 18 heavy (non-hydrogen) atoms. The predicted molar refractivity (Wildman–Crippen MR) is 70.0 cm³/mol. The molecule has 4 nitrogen and oxygen atoms in total. The van der Waals surface area contributed by atoms with Crippen LogP contribution in [0.4, 0.5) is 0 Å². The highest BCUT2D eigenvalue weighted by atomic mass is 16.6. The smallest absolute Gasteiger partial charge is 0.165 e. The molecule has 0 saturated carbocycles. The van der Waals surface area contributed by atoms with Gasteiger partial charge in [-0.05, 0) is 24.9 Å². The van der Waals surface area contributed by atoms with Gasteiger partial charge >= 0.3 is 0 Å². The first-order valence-electron chi connectivity index (χ1n) is 6.50. The maximum Gasteiger partial charge on any atom is 0.165 e. The predicted octanol–water partition coefficient (Wildman–Crippen LogP) is 1.57. The monoisotopic (exact) mass is 251 g/mol. The zero-order valence-electron chi connectivity index (χ0n) is 10.8. The maximum absolute atomic E-state index is 8.85. The number of aliphatic hydroxyl groups is 1. The fourth-order valence-corrected chi connectivity index (χ4v) is 2.05. The lowest BCUT2D eigenvalue weighted by atomic mass is 10.1. The van der Waals surface area contributed by atoms with Crippen LogP contribution in [0.15, 0.2) is 18.2 Å². The van der Waals surface area contributed by atoms with Crippen molar-refractivity contribution in [3.63, 3.8) is 0 Å². The Kier molecular flexibility index (Phi) is 4.84. The first kappa shape index (κ1) is 13.2. The number of rotatable bonds is 6. The molecule has 2 N–H and O–H groups in total. The summed E-state index contributed by atoms with van der Waals surface area (Å²) in [5, 5.41) is 12.2. The second kappa shape index (κ2) is 6.61. The largest absolute Gasteiger partial charge is 0.486 e. The highest BCUT2D eigenvalue weighted by Gasteiger charge is 2.15. The van der Waals surface area contributed by atoms with Crippen molar-refractivity contribution < 1.29 is 14.6 Å². The van der Waals surface area contributed by atoms with E-state index < -0.39 is 0 Å². The maximum atomic E-state index is 8.85. The van der Waals surface area contributed by atoms with Crippen LogP contribution in [0.5, 0.6) is 11.5 Å². The topological polar surface area (TPSA) is 50.7 Å². The third-order valence-electron chi connectivity index (χ3n) is 3.08. The Labute approximate surface area is 108 Å². The third kappa shape index (κ3) is 3.37. The average molecular weight is 251 g/mol. The molecule has 1 atom stereocenters. The summed E-state index contributed by atoms with van der Waals surface area (Å²) >= 11 is 0. The van der Waals surface area contributed by atoms with Crippen molar-refractivity contribution in [1.29, 1.82) is 0 Å². The summed E-state index contributed by atoms with van der Waals surface area (Å²) in [6.45, 7) is 5.28. The number of para-hydroxylation sites is 1. The molecule has 0 radical (unpaired) electrons. The number of hydrogen-bond acceptors (Lipinski definition) is 4. The molecule has 1 aliphatic heterocycles. The summed E-state index contributed by atoms with van der Waals surface area (Å²) in [5.74, 6) is 2.18. The van der Waals surface area contributed by atoms with E-state index in [0.29, 0.717) is 19.1 Å². The highest BCUT2D eigenvalue weighted by Crippen LogP contribution is 2.33. The van der Waals surface area contributed by atoms with Gasteiger partial charge in [0.25, 0.3) is 0 Å². The van der Waals surface area contributed by atoms with E-state index in [9.17, 15) is 0 Å². The Morgan fingerprint density at radius 3 is 3.00 bits per heavy atom. The van der Waals surface area contributed by atoms with E-state index in [1.54, 1.807) is 0 Å². The van der Waals surface area contributed by atoms with Crippen LogP contribution in [-0.2, 0) is 6.54 Å². The van der Waals surface area contributed by atoms with Crippen molar-refractivity contribution >= 4 is 0 Å². The summed E-state index contributed by atoms with van der Waals surface area (Å²) in [5.41, 5.74) is 1.13. The van der Waals surface area contributed by atoms with Gasteiger partial charge in [-0.3, -0.25) is 0 Å². The molecule has 0 saturated heterocycles. The molecular formula is C14H21NO3. The van der Waals surface area contributed by atoms with E-state index in [2.05, 4.69) is 18.3 Å². The summed E-state index contributed by atoms with van der Waals surface area (Å²) in [7, 11) is 0.